The zero-order valence-electron chi connectivity index (χ0n) is 17.8. The Morgan fingerprint density at radius 1 is 1.35 bits per heavy atom. The standard InChI is InChI=1S/C21H25N9S/c1-4-14-19-28-26-11-29(19)15-10-25-17(13(9-22)16(23)20-24-5-6-31-20)27-18(15)30(14)12-7-21(2,3)8-12/h5-6,9-14,22-23H,4,7-8H2,1-3H3. The van der Waals surface area contributed by atoms with Crippen molar-refractivity contribution in [3.8, 4) is 5.69 Å². The molecule has 4 heterocycles. The molecule has 2 unspecified atom stereocenters. The van der Waals surface area contributed by atoms with Crippen LogP contribution in [0.4, 0.5) is 5.82 Å². The number of aromatic nitrogens is 6. The highest BCUT2D eigenvalue weighted by atomic mass is 32.1. The summed E-state index contributed by atoms with van der Waals surface area (Å²) in [4.78, 5) is 16.1. The van der Waals surface area contributed by atoms with E-state index in [-0.39, 0.29) is 11.8 Å². The van der Waals surface area contributed by atoms with Crippen molar-refractivity contribution in [2.75, 3.05) is 4.90 Å². The van der Waals surface area contributed by atoms with Crippen molar-refractivity contribution < 1.29 is 0 Å². The first-order chi connectivity index (χ1) is 14.9. The molecule has 2 aliphatic rings. The smallest absolute Gasteiger partial charge is 0.160 e. The van der Waals surface area contributed by atoms with Crippen molar-refractivity contribution in [2.45, 2.75) is 58.0 Å². The Hall–Kier alpha value is -3.01. The van der Waals surface area contributed by atoms with Crippen LogP contribution in [0, 0.1) is 16.2 Å². The quantitative estimate of drug-likeness (QED) is 0.569. The van der Waals surface area contributed by atoms with Crippen LogP contribution in [-0.4, -0.2) is 47.7 Å². The van der Waals surface area contributed by atoms with Crippen LogP contribution in [0.1, 0.15) is 68.6 Å². The number of rotatable bonds is 6. The molecule has 3 aromatic rings. The van der Waals surface area contributed by atoms with E-state index >= 15 is 0 Å². The largest absolute Gasteiger partial charge is 0.341 e. The van der Waals surface area contributed by atoms with E-state index in [1.807, 2.05) is 9.95 Å². The maximum atomic E-state index is 8.56. The molecule has 1 aliphatic carbocycles. The molecule has 0 saturated heterocycles. The topological polar surface area (TPSA) is 120 Å². The minimum Gasteiger partial charge on any atom is -0.341 e. The highest BCUT2D eigenvalue weighted by Gasteiger charge is 2.46. The van der Waals surface area contributed by atoms with Crippen molar-refractivity contribution in [1.29, 1.82) is 10.8 Å². The van der Waals surface area contributed by atoms with E-state index in [0.29, 0.717) is 22.3 Å². The first-order valence-corrected chi connectivity index (χ1v) is 11.4. The Labute approximate surface area is 184 Å². The van der Waals surface area contributed by atoms with Crippen LogP contribution in [0.25, 0.3) is 5.69 Å². The Morgan fingerprint density at radius 2 is 2.16 bits per heavy atom. The summed E-state index contributed by atoms with van der Waals surface area (Å²) >= 11 is 1.39. The summed E-state index contributed by atoms with van der Waals surface area (Å²) < 4.78 is 1.97. The normalized spacial score (nSPS) is 20.5. The fraction of sp³-hybridized carbons (Fsp3) is 0.476. The molecule has 2 N–H and O–H groups in total. The predicted octanol–water partition coefficient (Wildman–Crippen LogP) is 3.77. The van der Waals surface area contributed by atoms with E-state index < -0.39 is 5.92 Å². The molecule has 160 valence electrons. The Balaban J connectivity index is 1.61. The lowest BCUT2D eigenvalue weighted by Crippen LogP contribution is -2.52. The van der Waals surface area contributed by atoms with Gasteiger partial charge in [-0.15, -0.1) is 21.5 Å². The second kappa shape index (κ2) is 7.30. The number of nitrogens with zero attached hydrogens (tertiary/aromatic N) is 7. The number of thiazole rings is 1. The van der Waals surface area contributed by atoms with Crippen molar-refractivity contribution in [3.05, 3.63) is 40.8 Å². The molecule has 1 saturated carbocycles. The van der Waals surface area contributed by atoms with E-state index in [9.17, 15) is 0 Å². The fourth-order valence-corrected chi connectivity index (χ4v) is 5.44. The highest BCUT2D eigenvalue weighted by molar-refractivity contribution is 7.11. The van der Waals surface area contributed by atoms with Crippen LogP contribution >= 0.6 is 11.3 Å². The van der Waals surface area contributed by atoms with E-state index in [1.165, 1.54) is 17.6 Å². The second-order valence-electron chi connectivity index (χ2n) is 8.95. The monoisotopic (exact) mass is 435 g/mol. The van der Waals surface area contributed by atoms with E-state index in [1.54, 1.807) is 18.7 Å². The lowest BCUT2D eigenvalue weighted by molar-refractivity contribution is 0.136. The highest BCUT2D eigenvalue weighted by Crippen LogP contribution is 2.49. The van der Waals surface area contributed by atoms with E-state index in [4.69, 9.17) is 15.8 Å². The van der Waals surface area contributed by atoms with Crippen molar-refractivity contribution in [2.24, 2.45) is 5.41 Å². The first kappa shape index (κ1) is 19.9. The summed E-state index contributed by atoms with van der Waals surface area (Å²) in [5.74, 6) is 1.56. The molecule has 2 atom stereocenters. The third kappa shape index (κ3) is 3.16. The summed E-state index contributed by atoms with van der Waals surface area (Å²) in [6.07, 6.45) is 9.44. The molecule has 0 amide bonds. The van der Waals surface area contributed by atoms with Gasteiger partial charge in [0, 0.05) is 23.8 Å². The molecular weight excluding hydrogens is 410 g/mol. The zero-order valence-corrected chi connectivity index (χ0v) is 18.6. The SMILES string of the molecule is CCC1c2nncn2-c2cnc(C(C=N)C(=N)c3nccs3)nc2N1C1CC(C)(C)C1. The van der Waals surface area contributed by atoms with Gasteiger partial charge in [0.15, 0.2) is 11.6 Å². The van der Waals surface area contributed by atoms with Gasteiger partial charge in [0.1, 0.15) is 22.8 Å². The van der Waals surface area contributed by atoms with Gasteiger partial charge in [0.25, 0.3) is 0 Å². The van der Waals surface area contributed by atoms with Gasteiger partial charge >= 0.3 is 0 Å². The third-order valence-electron chi connectivity index (χ3n) is 6.26. The summed E-state index contributed by atoms with van der Waals surface area (Å²) in [7, 11) is 0. The molecule has 5 rings (SSSR count). The molecule has 0 spiro atoms. The van der Waals surface area contributed by atoms with Crippen LogP contribution in [-0.2, 0) is 0 Å². The van der Waals surface area contributed by atoms with Crippen molar-refractivity contribution in [3.63, 3.8) is 0 Å². The van der Waals surface area contributed by atoms with E-state index in [0.717, 1.165) is 36.6 Å². The van der Waals surface area contributed by atoms with Crippen molar-refractivity contribution >= 4 is 29.1 Å². The van der Waals surface area contributed by atoms with Crippen LogP contribution in [0.2, 0.25) is 0 Å². The van der Waals surface area contributed by atoms with Gasteiger partial charge in [-0.1, -0.05) is 20.8 Å². The summed E-state index contributed by atoms with van der Waals surface area (Å²) in [5, 5.41) is 27.5. The zero-order chi connectivity index (χ0) is 21.8. The minimum atomic E-state index is -0.640. The molecule has 0 bridgehead atoms. The Kier molecular flexibility index (Phi) is 4.69. The number of anilines is 1. The molecule has 0 radical (unpaired) electrons. The number of nitrogens with one attached hydrogen (secondary N) is 2. The number of hydrogen-bond donors (Lipinski definition) is 2. The minimum absolute atomic E-state index is 0.0793. The van der Waals surface area contributed by atoms with Gasteiger partial charge in [-0.25, -0.2) is 15.0 Å². The summed E-state index contributed by atoms with van der Waals surface area (Å²) in [6.45, 7) is 6.75. The third-order valence-corrected chi connectivity index (χ3v) is 7.06. The molecule has 0 aromatic carbocycles. The van der Waals surface area contributed by atoms with Gasteiger partial charge in [-0.2, -0.15) is 0 Å². The molecule has 1 aliphatic heterocycles. The Bertz CT molecular complexity index is 1130. The molecule has 31 heavy (non-hydrogen) atoms. The van der Waals surface area contributed by atoms with Gasteiger partial charge < -0.3 is 15.7 Å². The predicted molar refractivity (Wildman–Crippen MR) is 120 cm³/mol. The average molecular weight is 436 g/mol. The Morgan fingerprint density at radius 3 is 2.81 bits per heavy atom. The second-order valence-corrected chi connectivity index (χ2v) is 9.84. The van der Waals surface area contributed by atoms with E-state index in [2.05, 4.69) is 45.8 Å². The van der Waals surface area contributed by atoms with Gasteiger partial charge in [0.2, 0.25) is 0 Å². The van der Waals surface area contributed by atoms with Crippen LogP contribution in [0.15, 0.2) is 24.1 Å². The number of hydrogen-bond acceptors (Lipinski definition) is 9. The average Bonchev–Trinajstić information content (AvgIpc) is 3.43. The van der Waals surface area contributed by atoms with Crippen LogP contribution in [0.5, 0.6) is 0 Å². The molecule has 1 fully saturated rings. The van der Waals surface area contributed by atoms with Gasteiger partial charge in [-0.3, -0.25) is 4.57 Å². The van der Waals surface area contributed by atoms with Crippen molar-refractivity contribution in [1.82, 2.24) is 29.7 Å². The maximum Gasteiger partial charge on any atom is 0.160 e. The summed E-state index contributed by atoms with van der Waals surface area (Å²) in [5.41, 5.74) is 1.41. The van der Waals surface area contributed by atoms with Gasteiger partial charge in [-0.05, 0) is 24.7 Å². The number of fused-ring (bicyclic) bond motifs is 3. The maximum absolute atomic E-state index is 8.56. The van der Waals surface area contributed by atoms with Gasteiger partial charge in [0.05, 0.1) is 23.9 Å². The molecular formula is C21H25N9S. The van der Waals surface area contributed by atoms with Crippen LogP contribution in [0.3, 0.4) is 0 Å². The first-order valence-electron chi connectivity index (χ1n) is 10.5. The lowest BCUT2D eigenvalue weighted by Gasteiger charge is -2.52. The molecule has 9 nitrogen and oxygen atoms in total. The fourth-order valence-electron chi connectivity index (χ4n) is 4.81. The molecule has 10 heteroatoms. The summed E-state index contributed by atoms with van der Waals surface area (Å²) in [6, 6.07) is 0.444. The lowest BCUT2D eigenvalue weighted by atomic mass is 9.67. The van der Waals surface area contributed by atoms with Crippen LogP contribution < -0.4 is 4.90 Å². The molecule has 3 aromatic heterocycles.